The molecule has 0 saturated heterocycles. The molecule has 2 aliphatic carbocycles. The van der Waals surface area contributed by atoms with Gasteiger partial charge in [-0.1, -0.05) is 31.9 Å². The number of benzene rings is 2. The highest BCUT2D eigenvalue weighted by Crippen LogP contribution is 2.41. The van der Waals surface area contributed by atoms with Crippen molar-refractivity contribution < 1.29 is 31.1 Å². The van der Waals surface area contributed by atoms with E-state index < -0.39 is 23.7 Å². The van der Waals surface area contributed by atoms with Gasteiger partial charge in [-0.3, -0.25) is 0 Å². The van der Waals surface area contributed by atoms with Crippen molar-refractivity contribution in [2.75, 3.05) is 0 Å². The Balaban J connectivity index is 1.55. The predicted molar refractivity (Wildman–Crippen MR) is 105 cm³/mol. The Morgan fingerprint density at radius 2 is 1.58 bits per heavy atom. The Morgan fingerprint density at radius 1 is 0.871 bits per heavy atom. The molecule has 2 aromatic rings. The maximum absolute atomic E-state index is 15.0. The average molecular weight is 442 g/mol. The zero-order valence-electron chi connectivity index (χ0n) is 17.2. The lowest BCUT2D eigenvalue weighted by molar-refractivity contribution is -0.276. The molecule has 0 aliphatic heterocycles. The number of alkyl halides is 3. The summed E-state index contributed by atoms with van der Waals surface area (Å²) in [5.41, 5.74) is 1.72. The van der Waals surface area contributed by atoms with Crippen LogP contribution >= 0.6 is 0 Å². The second kappa shape index (κ2) is 8.40. The molecule has 0 bridgehead atoms. The zero-order valence-corrected chi connectivity index (χ0v) is 17.2. The van der Waals surface area contributed by atoms with E-state index in [2.05, 4.69) is 11.7 Å². The Bertz CT molecular complexity index is 960. The monoisotopic (exact) mass is 442 g/mol. The first kappa shape index (κ1) is 22.0. The van der Waals surface area contributed by atoms with Gasteiger partial charge in [0.1, 0.15) is 5.82 Å². The molecule has 0 heterocycles. The number of hydrogen-bond acceptors (Lipinski definition) is 1. The summed E-state index contributed by atoms with van der Waals surface area (Å²) >= 11 is 0. The highest BCUT2D eigenvalue weighted by atomic mass is 19.4. The van der Waals surface area contributed by atoms with Crippen LogP contribution in [0.3, 0.4) is 0 Å². The van der Waals surface area contributed by atoms with Crippen molar-refractivity contribution in [1.82, 2.24) is 0 Å². The van der Waals surface area contributed by atoms with Crippen LogP contribution in [0.5, 0.6) is 5.75 Å². The van der Waals surface area contributed by atoms with Gasteiger partial charge in [0.25, 0.3) is 0 Å². The van der Waals surface area contributed by atoms with E-state index in [0.29, 0.717) is 23.8 Å². The Kier molecular flexibility index (Phi) is 5.97. The fraction of sp³-hybridized carbons (Fsp3) is 0.500. The number of ether oxygens (including phenoxy) is 1. The van der Waals surface area contributed by atoms with Gasteiger partial charge in [0, 0.05) is 0 Å². The normalized spacial score (nSPS) is 24.0. The molecule has 1 saturated carbocycles. The SMILES string of the molecule is CC1CCC(c2ccc(C3CCc4c(cc(F)c(OC(F)(F)F)c4F)C3)c(F)c2)CC1. The van der Waals surface area contributed by atoms with Crippen molar-refractivity contribution in [2.24, 2.45) is 5.92 Å². The van der Waals surface area contributed by atoms with E-state index in [1.807, 2.05) is 6.07 Å². The zero-order chi connectivity index (χ0) is 22.3. The van der Waals surface area contributed by atoms with Crippen LogP contribution < -0.4 is 4.74 Å². The highest BCUT2D eigenvalue weighted by molar-refractivity contribution is 5.43. The minimum Gasteiger partial charge on any atom is -0.399 e. The molecule has 0 N–H and O–H groups in total. The molecule has 168 valence electrons. The van der Waals surface area contributed by atoms with Gasteiger partial charge >= 0.3 is 6.36 Å². The molecule has 2 aromatic carbocycles. The third-order valence-electron chi connectivity index (χ3n) is 6.75. The van der Waals surface area contributed by atoms with Gasteiger partial charge in [-0.25, -0.2) is 13.2 Å². The van der Waals surface area contributed by atoms with Crippen molar-refractivity contribution in [1.29, 1.82) is 0 Å². The van der Waals surface area contributed by atoms with Crippen LogP contribution in [0.15, 0.2) is 24.3 Å². The first-order valence-electron chi connectivity index (χ1n) is 10.7. The maximum atomic E-state index is 15.0. The van der Waals surface area contributed by atoms with E-state index in [9.17, 15) is 26.3 Å². The van der Waals surface area contributed by atoms with Crippen LogP contribution in [0.2, 0.25) is 0 Å². The van der Waals surface area contributed by atoms with Crippen LogP contribution in [0, 0.1) is 23.4 Å². The number of halogens is 6. The van der Waals surface area contributed by atoms with Gasteiger partial charge in [-0.2, -0.15) is 0 Å². The third-order valence-corrected chi connectivity index (χ3v) is 6.75. The van der Waals surface area contributed by atoms with Gasteiger partial charge < -0.3 is 4.74 Å². The van der Waals surface area contributed by atoms with E-state index in [1.54, 1.807) is 12.1 Å². The summed E-state index contributed by atoms with van der Waals surface area (Å²) in [6.45, 7) is 2.23. The van der Waals surface area contributed by atoms with Gasteiger partial charge in [0.15, 0.2) is 11.6 Å². The van der Waals surface area contributed by atoms with Crippen LogP contribution in [0.1, 0.15) is 73.1 Å². The fourth-order valence-electron chi connectivity index (χ4n) is 5.02. The van der Waals surface area contributed by atoms with Crippen LogP contribution in [0.25, 0.3) is 0 Å². The first-order chi connectivity index (χ1) is 14.6. The van der Waals surface area contributed by atoms with Crippen molar-refractivity contribution in [3.8, 4) is 5.75 Å². The Labute approximate surface area is 177 Å². The van der Waals surface area contributed by atoms with E-state index >= 15 is 0 Å². The largest absolute Gasteiger partial charge is 0.573 e. The second-order valence-electron chi connectivity index (χ2n) is 8.86. The number of hydrogen-bond donors (Lipinski definition) is 0. The van der Waals surface area contributed by atoms with Crippen LogP contribution in [0.4, 0.5) is 26.3 Å². The molecule has 1 nitrogen and oxygen atoms in total. The van der Waals surface area contributed by atoms with Gasteiger partial charge in [-0.15, -0.1) is 13.2 Å². The van der Waals surface area contributed by atoms with Crippen molar-refractivity contribution in [3.05, 3.63) is 64.0 Å². The summed E-state index contributed by atoms with van der Waals surface area (Å²) in [4.78, 5) is 0. The van der Waals surface area contributed by atoms with Crippen molar-refractivity contribution in [2.45, 2.75) is 70.1 Å². The topological polar surface area (TPSA) is 9.23 Å². The molecule has 0 amide bonds. The molecule has 1 fully saturated rings. The summed E-state index contributed by atoms with van der Waals surface area (Å²) in [6.07, 6.45) is -0.244. The standard InChI is InChI=1S/C24H24F6O/c1-13-2-4-14(5-3-13)15-6-8-18(20(25)11-15)16-7-9-19-17(10-16)12-21(26)23(22(19)27)31-24(28,29)30/h6,8,11-14,16H,2-5,7,9-10H2,1H3. The molecule has 2 aliphatic rings. The summed E-state index contributed by atoms with van der Waals surface area (Å²) in [7, 11) is 0. The minimum absolute atomic E-state index is 0.00486. The summed E-state index contributed by atoms with van der Waals surface area (Å²) in [6, 6.07) is 6.15. The molecule has 0 aromatic heterocycles. The first-order valence-corrected chi connectivity index (χ1v) is 10.7. The van der Waals surface area contributed by atoms with Gasteiger partial charge in [0.05, 0.1) is 0 Å². The van der Waals surface area contributed by atoms with E-state index in [-0.39, 0.29) is 35.7 Å². The Morgan fingerprint density at radius 3 is 2.23 bits per heavy atom. The lowest BCUT2D eigenvalue weighted by Gasteiger charge is -2.28. The summed E-state index contributed by atoms with van der Waals surface area (Å²) < 4.78 is 84.5. The molecule has 1 atom stereocenters. The minimum atomic E-state index is -5.19. The van der Waals surface area contributed by atoms with E-state index in [0.717, 1.165) is 37.3 Å². The fourth-order valence-corrected chi connectivity index (χ4v) is 5.02. The number of fused-ring (bicyclic) bond motifs is 1. The van der Waals surface area contributed by atoms with Crippen LogP contribution in [-0.4, -0.2) is 6.36 Å². The summed E-state index contributed by atoms with van der Waals surface area (Å²) in [5, 5.41) is 0. The maximum Gasteiger partial charge on any atom is 0.573 e. The molecule has 4 rings (SSSR count). The van der Waals surface area contributed by atoms with Crippen molar-refractivity contribution in [3.63, 3.8) is 0 Å². The molecule has 1 unspecified atom stereocenters. The van der Waals surface area contributed by atoms with Crippen LogP contribution in [-0.2, 0) is 12.8 Å². The molecule has 7 heteroatoms. The lowest BCUT2D eigenvalue weighted by atomic mass is 9.77. The smallest absolute Gasteiger partial charge is 0.399 e. The summed E-state index contributed by atoms with van der Waals surface area (Å²) in [5.74, 6) is -3.73. The lowest BCUT2D eigenvalue weighted by Crippen LogP contribution is -2.21. The van der Waals surface area contributed by atoms with E-state index in [4.69, 9.17) is 0 Å². The third kappa shape index (κ3) is 4.70. The highest BCUT2D eigenvalue weighted by Gasteiger charge is 2.36. The molecule has 31 heavy (non-hydrogen) atoms. The molecule has 0 radical (unpaired) electrons. The van der Waals surface area contributed by atoms with E-state index in [1.165, 1.54) is 0 Å². The second-order valence-corrected chi connectivity index (χ2v) is 8.86. The molecular weight excluding hydrogens is 418 g/mol. The van der Waals surface area contributed by atoms with Gasteiger partial charge in [0.2, 0.25) is 5.75 Å². The molecular formula is C24H24F6O. The quantitative estimate of drug-likeness (QED) is 0.446. The molecule has 0 spiro atoms. The number of rotatable bonds is 3. The Hall–Kier alpha value is -2.18. The average Bonchev–Trinajstić information content (AvgIpc) is 2.70. The predicted octanol–water partition coefficient (Wildman–Crippen LogP) is 7.57. The van der Waals surface area contributed by atoms with Gasteiger partial charge in [-0.05, 0) is 84.2 Å². The van der Waals surface area contributed by atoms with Crippen molar-refractivity contribution >= 4 is 0 Å².